The van der Waals surface area contributed by atoms with Crippen molar-refractivity contribution in [2.24, 2.45) is 0 Å². The minimum absolute atomic E-state index is 0.0215. The molecule has 0 spiro atoms. The van der Waals surface area contributed by atoms with Crippen LogP contribution < -0.4 is 4.74 Å². The minimum Gasteiger partial charge on any atom is -0.497 e. The molecular weight excluding hydrogens is 388 g/mol. The number of para-hydroxylation sites is 1. The van der Waals surface area contributed by atoms with E-state index in [1.807, 2.05) is 59.2 Å². The van der Waals surface area contributed by atoms with Gasteiger partial charge in [0.05, 0.1) is 17.7 Å². The van der Waals surface area contributed by atoms with Crippen molar-refractivity contribution in [1.82, 2.24) is 14.3 Å². The minimum atomic E-state index is -0.427. The highest BCUT2D eigenvalue weighted by molar-refractivity contribution is 7.71. The molecule has 8 heteroatoms. The van der Waals surface area contributed by atoms with Gasteiger partial charge in [-0.25, -0.2) is 4.68 Å². The lowest BCUT2D eigenvalue weighted by Gasteiger charge is -2.06. The standard InChI is InChI=1S/C21H16N4O3S/c1-28-19-13-11-17(12-14-19)24-21(29)23(16-5-3-2-4-6-16)20(22-24)15-7-9-18(10-8-15)25(26)27/h2-14H,1H3. The molecule has 0 saturated carbocycles. The Kier molecular flexibility index (Phi) is 4.92. The number of rotatable bonds is 5. The van der Waals surface area contributed by atoms with Crippen molar-refractivity contribution in [1.29, 1.82) is 0 Å². The summed E-state index contributed by atoms with van der Waals surface area (Å²) in [6.07, 6.45) is 0. The highest BCUT2D eigenvalue weighted by Gasteiger charge is 2.16. The molecule has 4 rings (SSSR count). The normalized spacial score (nSPS) is 10.7. The van der Waals surface area contributed by atoms with E-state index in [1.165, 1.54) is 12.1 Å². The molecule has 29 heavy (non-hydrogen) atoms. The van der Waals surface area contributed by atoms with Crippen molar-refractivity contribution in [2.45, 2.75) is 0 Å². The summed E-state index contributed by atoms with van der Waals surface area (Å²) in [6.45, 7) is 0. The number of nitro groups is 1. The highest BCUT2D eigenvalue weighted by atomic mass is 32.1. The summed E-state index contributed by atoms with van der Waals surface area (Å²) in [5.74, 6) is 1.32. The molecule has 0 radical (unpaired) electrons. The monoisotopic (exact) mass is 404 g/mol. The number of ether oxygens (including phenoxy) is 1. The zero-order valence-electron chi connectivity index (χ0n) is 15.4. The van der Waals surface area contributed by atoms with Crippen LogP contribution in [0.3, 0.4) is 0 Å². The molecule has 0 amide bonds. The third-order valence-electron chi connectivity index (χ3n) is 4.45. The van der Waals surface area contributed by atoms with Crippen LogP contribution in [-0.2, 0) is 0 Å². The molecule has 0 saturated heterocycles. The summed E-state index contributed by atoms with van der Waals surface area (Å²) >= 11 is 5.73. The Bertz CT molecular complexity index is 1210. The Balaban J connectivity index is 1.91. The van der Waals surface area contributed by atoms with E-state index < -0.39 is 4.92 Å². The molecule has 1 aromatic heterocycles. The predicted octanol–water partition coefficient (Wildman–Crippen LogP) is 4.98. The molecule has 0 N–H and O–H groups in total. The number of non-ortho nitro benzene ring substituents is 1. The third kappa shape index (κ3) is 3.53. The van der Waals surface area contributed by atoms with Crippen molar-refractivity contribution in [2.75, 3.05) is 7.11 Å². The number of nitrogens with zero attached hydrogens (tertiary/aromatic N) is 4. The van der Waals surface area contributed by atoms with Gasteiger partial charge in [0.1, 0.15) is 5.75 Å². The maximum atomic E-state index is 11.0. The molecule has 0 fully saturated rings. The first-order chi connectivity index (χ1) is 14.1. The lowest BCUT2D eigenvalue weighted by molar-refractivity contribution is -0.384. The summed E-state index contributed by atoms with van der Waals surface area (Å²) in [7, 11) is 1.61. The topological polar surface area (TPSA) is 75.1 Å². The van der Waals surface area contributed by atoms with Crippen LogP contribution >= 0.6 is 12.2 Å². The van der Waals surface area contributed by atoms with E-state index >= 15 is 0 Å². The average Bonchev–Trinajstić information content (AvgIpc) is 3.11. The van der Waals surface area contributed by atoms with Crippen LogP contribution in [0.2, 0.25) is 0 Å². The first-order valence-corrected chi connectivity index (χ1v) is 9.16. The second-order valence-corrected chi connectivity index (χ2v) is 6.56. The molecule has 4 aromatic rings. The number of benzene rings is 3. The Labute approximate surface area is 171 Å². The van der Waals surface area contributed by atoms with E-state index in [9.17, 15) is 10.1 Å². The molecule has 3 aromatic carbocycles. The van der Waals surface area contributed by atoms with Gasteiger partial charge in [-0.05, 0) is 60.7 Å². The number of nitro benzene ring substituents is 1. The number of aromatic nitrogens is 3. The van der Waals surface area contributed by atoms with Gasteiger partial charge in [0.15, 0.2) is 5.82 Å². The molecule has 0 aliphatic carbocycles. The lowest BCUT2D eigenvalue weighted by atomic mass is 10.2. The lowest BCUT2D eigenvalue weighted by Crippen LogP contribution is -1.99. The van der Waals surface area contributed by atoms with Gasteiger partial charge in [0, 0.05) is 23.4 Å². The highest BCUT2D eigenvalue weighted by Crippen LogP contribution is 2.26. The summed E-state index contributed by atoms with van der Waals surface area (Å²) in [5, 5.41) is 15.7. The molecule has 0 aliphatic heterocycles. The molecule has 0 bridgehead atoms. The van der Waals surface area contributed by atoms with Crippen LogP contribution in [0.5, 0.6) is 5.75 Å². The Morgan fingerprint density at radius 2 is 1.59 bits per heavy atom. The Hall–Kier alpha value is -3.78. The van der Waals surface area contributed by atoms with Crippen LogP contribution in [0.4, 0.5) is 5.69 Å². The fraction of sp³-hybridized carbons (Fsp3) is 0.0476. The molecule has 144 valence electrons. The van der Waals surface area contributed by atoms with Gasteiger partial charge in [-0.15, -0.1) is 5.10 Å². The van der Waals surface area contributed by atoms with Gasteiger partial charge < -0.3 is 4.74 Å². The van der Waals surface area contributed by atoms with Crippen molar-refractivity contribution in [3.05, 3.63) is 93.7 Å². The first-order valence-electron chi connectivity index (χ1n) is 8.75. The maximum absolute atomic E-state index is 11.0. The van der Waals surface area contributed by atoms with Crippen molar-refractivity contribution >= 4 is 17.9 Å². The van der Waals surface area contributed by atoms with Gasteiger partial charge in [-0.1, -0.05) is 18.2 Å². The van der Waals surface area contributed by atoms with E-state index in [2.05, 4.69) is 0 Å². The van der Waals surface area contributed by atoms with Crippen molar-refractivity contribution < 1.29 is 9.66 Å². The first kappa shape index (κ1) is 18.6. The molecule has 0 atom stereocenters. The molecule has 7 nitrogen and oxygen atoms in total. The van der Waals surface area contributed by atoms with Gasteiger partial charge in [0.25, 0.3) is 5.69 Å². The number of hydrogen-bond acceptors (Lipinski definition) is 5. The van der Waals surface area contributed by atoms with Crippen LogP contribution in [0, 0.1) is 14.9 Å². The molecule has 0 unspecified atom stereocenters. The van der Waals surface area contributed by atoms with Gasteiger partial charge >= 0.3 is 0 Å². The van der Waals surface area contributed by atoms with E-state index in [-0.39, 0.29) is 5.69 Å². The van der Waals surface area contributed by atoms with Crippen molar-refractivity contribution in [3.8, 4) is 28.5 Å². The zero-order valence-corrected chi connectivity index (χ0v) is 16.2. The summed E-state index contributed by atoms with van der Waals surface area (Å²) in [6, 6.07) is 23.3. The predicted molar refractivity (Wildman–Crippen MR) is 112 cm³/mol. The summed E-state index contributed by atoms with van der Waals surface area (Å²) in [4.78, 5) is 10.6. The quantitative estimate of drug-likeness (QED) is 0.266. The second-order valence-electron chi connectivity index (χ2n) is 6.19. The smallest absolute Gasteiger partial charge is 0.269 e. The van der Waals surface area contributed by atoms with Crippen LogP contribution in [0.15, 0.2) is 78.9 Å². The summed E-state index contributed by atoms with van der Waals surface area (Å²) < 4.78 is 9.21. The zero-order chi connectivity index (χ0) is 20.4. The SMILES string of the molecule is COc1ccc(-n2nc(-c3ccc([N+](=O)[O-])cc3)n(-c3ccccc3)c2=S)cc1. The van der Waals surface area contributed by atoms with E-state index in [4.69, 9.17) is 22.1 Å². The van der Waals surface area contributed by atoms with E-state index in [0.29, 0.717) is 10.6 Å². The average molecular weight is 404 g/mol. The van der Waals surface area contributed by atoms with Gasteiger partial charge in [0.2, 0.25) is 4.77 Å². The van der Waals surface area contributed by atoms with E-state index in [1.54, 1.807) is 23.9 Å². The van der Waals surface area contributed by atoms with E-state index in [0.717, 1.165) is 22.7 Å². The van der Waals surface area contributed by atoms with Gasteiger partial charge in [-0.3, -0.25) is 14.7 Å². The Morgan fingerprint density at radius 3 is 2.17 bits per heavy atom. The largest absolute Gasteiger partial charge is 0.497 e. The number of methoxy groups -OCH3 is 1. The van der Waals surface area contributed by atoms with Crippen LogP contribution in [0.25, 0.3) is 22.8 Å². The summed E-state index contributed by atoms with van der Waals surface area (Å²) in [5.41, 5.74) is 2.38. The maximum Gasteiger partial charge on any atom is 0.269 e. The Morgan fingerprint density at radius 1 is 0.931 bits per heavy atom. The number of hydrogen-bond donors (Lipinski definition) is 0. The van der Waals surface area contributed by atoms with Gasteiger partial charge in [-0.2, -0.15) is 0 Å². The van der Waals surface area contributed by atoms with Crippen LogP contribution in [0.1, 0.15) is 0 Å². The second kappa shape index (κ2) is 7.69. The molecule has 0 aliphatic rings. The van der Waals surface area contributed by atoms with Crippen LogP contribution in [-0.4, -0.2) is 26.4 Å². The fourth-order valence-electron chi connectivity index (χ4n) is 2.99. The fourth-order valence-corrected chi connectivity index (χ4v) is 3.33. The molecule has 1 heterocycles. The third-order valence-corrected chi connectivity index (χ3v) is 4.80. The molecular formula is C21H16N4O3S. The van der Waals surface area contributed by atoms with Crippen molar-refractivity contribution in [3.63, 3.8) is 0 Å².